The number of halogens is 1. The van der Waals surface area contributed by atoms with Gasteiger partial charge in [0, 0.05) is 43.6 Å². The second-order valence-corrected chi connectivity index (χ2v) is 5.25. The molecule has 0 unspecified atom stereocenters. The summed E-state index contributed by atoms with van der Waals surface area (Å²) in [5, 5.41) is 3.84. The Hall–Kier alpha value is -0.440. The van der Waals surface area contributed by atoms with Crippen molar-refractivity contribution in [2.45, 2.75) is 13.3 Å². The van der Waals surface area contributed by atoms with E-state index in [9.17, 15) is 0 Å². The van der Waals surface area contributed by atoms with Gasteiger partial charge in [-0.2, -0.15) is 11.8 Å². The fourth-order valence-electron chi connectivity index (χ4n) is 1.71. The van der Waals surface area contributed by atoms with Crippen LogP contribution in [0.5, 0.6) is 0 Å². The number of thioether (sulfide) groups is 1. The lowest BCUT2D eigenvalue weighted by molar-refractivity contribution is 0.380. The summed E-state index contributed by atoms with van der Waals surface area (Å²) in [7, 11) is 0. The van der Waals surface area contributed by atoms with E-state index in [4.69, 9.17) is 10.3 Å². The van der Waals surface area contributed by atoms with Crippen LogP contribution in [0.15, 0.2) is 15.6 Å². The first-order valence-corrected chi connectivity index (χ1v) is 6.96. The van der Waals surface area contributed by atoms with Gasteiger partial charge in [0.05, 0.1) is 5.69 Å². The van der Waals surface area contributed by atoms with Crippen molar-refractivity contribution < 1.29 is 4.52 Å². The number of aliphatic imine (C=N–C) groups is 1. The predicted molar refractivity (Wildman–Crippen MR) is 85.7 cm³/mol. The molecule has 18 heavy (non-hydrogen) atoms. The summed E-state index contributed by atoms with van der Waals surface area (Å²) >= 11 is 1.96. The highest BCUT2D eigenvalue weighted by molar-refractivity contribution is 14.0. The highest BCUT2D eigenvalue weighted by Gasteiger charge is 2.11. The first-order valence-electron chi connectivity index (χ1n) is 5.80. The Balaban J connectivity index is 0.00000162. The smallest absolute Gasteiger partial charge is 0.191 e. The van der Waals surface area contributed by atoms with E-state index in [1.165, 1.54) is 0 Å². The summed E-state index contributed by atoms with van der Waals surface area (Å²) < 4.78 is 5.11. The summed E-state index contributed by atoms with van der Waals surface area (Å²) in [4.78, 5) is 6.52. The zero-order valence-electron chi connectivity index (χ0n) is 10.5. The minimum Gasteiger partial charge on any atom is -0.370 e. The van der Waals surface area contributed by atoms with Crippen LogP contribution in [0.2, 0.25) is 0 Å². The molecular formula is C11H19IN4OS. The number of hydrogen-bond donors (Lipinski definition) is 1. The third kappa shape index (κ3) is 4.68. The third-order valence-corrected chi connectivity index (χ3v) is 3.59. The molecule has 1 fully saturated rings. The Morgan fingerprint density at radius 1 is 1.56 bits per heavy atom. The van der Waals surface area contributed by atoms with Gasteiger partial charge in [-0.1, -0.05) is 5.16 Å². The minimum atomic E-state index is 0. The average molecular weight is 382 g/mol. The van der Waals surface area contributed by atoms with E-state index < -0.39 is 0 Å². The van der Waals surface area contributed by atoms with Gasteiger partial charge in [0.25, 0.3) is 0 Å². The van der Waals surface area contributed by atoms with Crippen LogP contribution in [0.1, 0.15) is 11.5 Å². The topological polar surface area (TPSA) is 67.7 Å². The van der Waals surface area contributed by atoms with Crippen LogP contribution >= 0.6 is 35.7 Å². The number of rotatable bonds is 3. The molecular weight excluding hydrogens is 363 g/mol. The molecule has 0 aromatic carbocycles. The van der Waals surface area contributed by atoms with Gasteiger partial charge < -0.3 is 15.2 Å². The first-order chi connectivity index (χ1) is 8.25. The average Bonchev–Trinajstić information content (AvgIpc) is 2.76. The molecule has 0 radical (unpaired) electrons. The number of hydrogen-bond acceptors (Lipinski definition) is 4. The summed E-state index contributed by atoms with van der Waals surface area (Å²) in [6.07, 6.45) is 0.754. The van der Waals surface area contributed by atoms with E-state index in [0.717, 1.165) is 42.5 Å². The molecule has 0 amide bonds. The molecule has 0 atom stereocenters. The number of nitrogens with two attached hydrogens (primary N) is 1. The second kappa shape index (κ2) is 7.88. The van der Waals surface area contributed by atoms with Crippen molar-refractivity contribution in [1.82, 2.24) is 10.1 Å². The Labute approximate surface area is 129 Å². The number of aryl methyl sites for hydroxylation is 1. The Morgan fingerprint density at radius 2 is 2.28 bits per heavy atom. The Bertz CT molecular complexity index is 390. The van der Waals surface area contributed by atoms with Gasteiger partial charge in [-0.05, 0) is 6.92 Å². The van der Waals surface area contributed by atoms with E-state index >= 15 is 0 Å². The molecule has 1 saturated heterocycles. The third-order valence-electron chi connectivity index (χ3n) is 2.64. The molecule has 0 saturated carbocycles. The molecule has 0 bridgehead atoms. The van der Waals surface area contributed by atoms with Crippen molar-refractivity contribution in [2.24, 2.45) is 10.7 Å². The molecule has 5 nitrogen and oxygen atoms in total. The van der Waals surface area contributed by atoms with E-state index in [0.29, 0.717) is 12.5 Å². The maximum absolute atomic E-state index is 5.94. The van der Waals surface area contributed by atoms with E-state index in [1.54, 1.807) is 0 Å². The normalized spacial score (nSPS) is 16.5. The molecule has 2 N–H and O–H groups in total. The van der Waals surface area contributed by atoms with Crippen molar-refractivity contribution in [1.29, 1.82) is 0 Å². The summed E-state index contributed by atoms with van der Waals surface area (Å²) in [6.45, 7) is 4.57. The molecule has 0 aliphatic carbocycles. The van der Waals surface area contributed by atoms with E-state index in [-0.39, 0.29) is 24.0 Å². The van der Waals surface area contributed by atoms with Crippen LogP contribution in [0.25, 0.3) is 0 Å². The van der Waals surface area contributed by atoms with Crippen LogP contribution < -0.4 is 5.73 Å². The highest BCUT2D eigenvalue weighted by atomic mass is 127. The van der Waals surface area contributed by atoms with Crippen molar-refractivity contribution in [2.75, 3.05) is 31.1 Å². The second-order valence-electron chi connectivity index (χ2n) is 4.02. The van der Waals surface area contributed by atoms with Gasteiger partial charge in [-0.15, -0.1) is 24.0 Å². The monoisotopic (exact) mass is 382 g/mol. The van der Waals surface area contributed by atoms with Gasteiger partial charge in [-0.3, -0.25) is 4.99 Å². The molecule has 7 heteroatoms. The van der Waals surface area contributed by atoms with Crippen molar-refractivity contribution >= 4 is 41.7 Å². The van der Waals surface area contributed by atoms with E-state index in [1.807, 2.05) is 24.8 Å². The predicted octanol–water partition coefficient (Wildman–Crippen LogP) is 1.51. The van der Waals surface area contributed by atoms with Gasteiger partial charge in [0.2, 0.25) is 0 Å². The maximum Gasteiger partial charge on any atom is 0.191 e. The summed E-state index contributed by atoms with van der Waals surface area (Å²) in [5.41, 5.74) is 6.85. The molecule has 1 aromatic heterocycles. The first kappa shape index (κ1) is 15.6. The molecule has 2 rings (SSSR count). The molecule has 102 valence electrons. The zero-order valence-corrected chi connectivity index (χ0v) is 13.6. The number of guanidine groups is 1. The van der Waals surface area contributed by atoms with Crippen LogP contribution in [0.4, 0.5) is 0 Å². The highest BCUT2D eigenvalue weighted by Crippen LogP contribution is 2.08. The summed E-state index contributed by atoms with van der Waals surface area (Å²) in [5.74, 6) is 3.80. The van der Waals surface area contributed by atoms with Gasteiger partial charge in [-0.25, -0.2) is 0 Å². The lowest BCUT2D eigenvalue weighted by Crippen LogP contribution is -2.42. The number of aromatic nitrogens is 1. The summed E-state index contributed by atoms with van der Waals surface area (Å²) in [6, 6.07) is 1.93. The fourth-order valence-corrected chi connectivity index (χ4v) is 2.61. The van der Waals surface area contributed by atoms with E-state index in [2.05, 4.69) is 15.0 Å². The Morgan fingerprint density at radius 3 is 2.89 bits per heavy atom. The van der Waals surface area contributed by atoms with Crippen molar-refractivity contribution in [3.63, 3.8) is 0 Å². The fraction of sp³-hybridized carbons (Fsp3) is 0.636. The molecule has 1 aromatic rings. The maximum atomic E-state index is 5.94. The SMILES string of the molecule is Cc1cc(CCN=C(N)N2CCSCC2)on1.I. The van der Waals surface area contributed by atoms with Gasteiger partial charge in [0.1, 0.15) is 5.76 Å². The minimum absolute atomic E-state index is 0. The zero-order chi connectivity index (χ0) is 12.1. The molecule has 0 spiro atoms. The van der Waals surface area contributed by atoms with Crippen molar-refractivity contribution in [3.8, 4) is 0 Å². The van der Waals surface area contributed by atoms with Gasteiger partial charge >= 0.3 is 0 Å². The largest absolute Gasteiger partial charge is 0.370 e. The Kier molecular flexibility index (Phi) is 6.83. The lowest BCUT2D eigenvalue weighted by Gasteiger charge is -2.27. The number of nitrogens with zero attached hydrogens (tertiary/aromatic N) is 3. The van der Waals surface area contributed by atoms with Gasteiger partial charge in [0.15, 0.2) is 5.96 Å². The van der Waals surface area contributed by atoms with Crippen LogP contribution in [-0.2, 0) is 6.42 Å². The molecule has 2 heterocycles. The molecule has 1 aliphatic rings. The standard InChI is InChI=1S/C11H18N4OS.HI/c1-9-8-10(16-14-9)2-3-13-11(12)15-4-6-17-7-5-15;/h8H,2-7H2,1H3,(H2,12,13);1H. The quantitative estimate of drug-likeness (QED) is 0.488. The van der Waals surface area contributed by atoms with Crippen LogP contribution in [-0.4, -0.2) is 47.2 Å². The van der Waals surface area contributed by atoms with Crippen molar-refractivity contribution in [3.05, 3.63) is 17.5 Å². The molecule has 1 aliphatic heterocycles. The van der Waals surface area contributed by atoms with Crippen LogP contribution in [0, 0.1) is 6.92 Å². The lowest BCUT2D eigenvalue weighted by atomic mass is 10.3. The van der Waals surface area contributed by atoms with Crippen LogP contribution in [0.3, 0.4) is 0 Å².